The van der Waals surface area contributed by atoms with E-state index in [1.807, 2.05) is 30.2 Å². The van der Waals surface area contributed by atoms with Crippen LogP contribution >= 0.6 is 0 Å². The number of rotatable bonds is 9. The van der Waals surface area contributed by atoms with Gasteiger partial charge in [0.1, 0.15) is 5.82 Å². The molecule has 0 spiro atoms. The monoisotopic (exact) mass is 480 g/mol. The van der Waals surface area contributed by atoms with Crippen molar-refractivity contribution in [2.24, 2.45) is 21.9 Å². The first-order valence-corrected chi connectivity index (χ1v) is 13.0. The molecular formula is C27H40N6O2. The van der Waals surface area contributed by atoms with Gasteiger partial charge >= 0.3 is 0 Å². The number of carbonyl (C=O) groups is 1. The summed E-state index contributed by atoms with van der Waals surface area (Å²) in [6.07, 6.45) is 13.9. The van der Waals surface area contributed by atoms with E-state index < -0.39 is 0 Å². The zero-order valence-electron chi connectivity index (χ0n) is 21.0. The Kier molecular flexibility index (Phi) is 8.44. The van der Waals surface area contributed by atoms with Gasteiger partial charge in [-0.3, -0.25) is 14.7 Å². The van der Waals surface area contributed by atoms with Crippen molar-refractivity contribution in [2.75, 3.05) is 31.1 Å². The Bertz CT molecular complexity index is 954. The van der Waals surface area contributed by atoms with Gasteiger partial charge in [0, 0.05) is 31.9 Å². The Balaban J connectivity index is 1.38. The van der Waals surface area contributed by atoms with E-state index in [0.717, 1.165) is 51.0 Å². The number of carbonyl (C=O) groups excluding carboxylic acids is 1. The SMILES string of the molecule is Cc1ccc(N(C(=O)c2ccco2)C2CCN(CCC3(CCN=C(N)N)CCCCC3)CC2)nc1. The molecule has 0 bridgehead atoms. The number of hydrogen-bond donors (Lipinski definition) is 2. The lowest BCUT2D eigenvalue weighted by molar-refractivity contribution is 0.0918. The third kappa shape index (κ3) is 6.63. The summed E-state index contributed by atoms with van der Waals surface area (Å²) < 4.78 is 5.44. The van der Waals surface area contributed by atoms with Gasteiger partial charge in [0.25, 0.3) is 5.91 Å². The van der Waals surface area contributed by atoms with Crippen LogP contribution < -0.4 is 16.4 Å². The van der Waals surface area contributed by atoms with Crippen LogP contribution in [0.5, 0.6) is 0 Å². The molecule has 35 heavy (non-hydrogen) atoms. The van der Waals surface area contributed by atoms with Gasteiger partial charge in [-0.2, -0.15) is 0 Å². The lowest BCUT2D eigenvalue weighted by atomic mass is 9.69. The second-order valence-electron chi connectivity index (χ2n) is 10.3. The molecule has 8 heteroatoms. The molecule has 0 aromatic carbocycles. The second kappa shape index (κ2) is 11.7. The van der Waals surface area contributed by atoms with Gasteiger partial charge in [-0.25, -0.2) is 4.98 Å². The summed E-state index contributed by atoms with van der Waals surface area (Å²) in [7, 11) is 0. The first-order valence-electron chi connectivity index (χ1n) is 13.0. The van der Waals surface area contributed by atoms with Crippen LogP contribution in [0.25, 0.3) is 0 Å². The Morgan fingerprint density at radius 1 is 1.17 bits per heavy atom. The molecule has 2 aromatic rings. The molecule has 8 nitrogen and oxygen atoms in total. The van der Waals surface area contributed by atoms with Gasteiger partial charge in [-0.1, -0.05) is 25.3 Å². The van der Waals surface area contributed by atoms with Gasteiger partial charge < -0.3 is 20.8 Å². The van der Waals surface area contributed by atoms with E-state index in [0.29, 0.717) is 17.0 Å². The lowest BCUT2D eigenvalue weighted by Gasteiger charge is -2.41. The number of piperidine rings is 1. The van der Waals surface area contributed by atoms with Crippen molar-refractivity contribution in [1.82, 2.24) is 9.88 Å². The number of furan rings is 1. The van der Waals surface area contributed by atoms with Gasteiger partial charge in [-0.15, -0.1) is 0 Å². The number of nitrogens with zero attached hydrogens (tertiary/aromatic N) is 4. The van der Waals surface area contributed by atoms with E-state index in [9.17, 15) is 4.79 Å². The number of anilines is 1. The molecule has 1 aliphatic carbocycles. The highest BCUT2D eigenvalue weighted by Gasteiger charge is 2.34. The molecule has 2 aromatic heterocycles. The van der Waals surface area contributed by atoms with E-state index in [4.69, 9.17) is 15.9 Å². The molecule has 1 saturated heterocycles. The fourth-order valence-electron chi connectivity index (χ4n) is 5.72. The highest BCUT2D eigenvalue weighted by molar-refractivity contribution is 6.04. The van der Waals surface area contributed by atoms with Crippen molar-refractivity contribution in [2.45, 2.75) is 70.8 Å². The second-order valence-corrected chi connectivity index (χ2v) is 10.3. The Hall–Kier alpha value is -2.87. The average Bonchev–Trinajstić information content (AvgIpc) is 3.41. The maximum atomic E-state index is 13.3. The number of amides is 1. The van der Waals surface area contributed by atoms with Gasteiger partial charge in [-0.05, 0) is 81.2 Å². The van der Waals surface area contributed by atoms with E-state index in [1.165, 1.54) is 38.5 Å². The third-order valence-corrected chi connectivity index (χ3v) is 7.82. The predicted molar refractivity (Wildman–Crippen MR) is 139 cm³/mol. The highest BCUT2D eigenvalue weighted by Crippen LogP contribution is 2.42. The Morgan fingerprint density at radius 3 is 2.57 bits per heavy atom. The Labute approximate surface area is 208 Å². The number of pyridine rings is 1. The summed E-state index contributed by atoms with van der Waals surface area (Å²) in [6.45, 7) is 5.76. The lowest BCUT2D eigenvalue weighted by Crippen LogP contribution is -2.48. The molecule has 3 heterocycles. The Morgan fingerprint density at radius 2 is 1.94 bits per heavy atom. The van der Waals surface area contributed by atoms with E-state index >= 15 is 0 Å². The van der Waals surface area contributed by atoms with E-state index in [2.05, 4.69) is 14.9 Å². The van der Waals surface area contributed by atoms with Crippen LogP contribution in [0.15, 0.2) is 46.1 Å². The van der Waals surface area contributed by atoms with Crippen LogP contribution in [0.1, 0.15) is 73.9 Å². The molecule has 4 N–H and O–H groups in total. The van der Waals surface area contributed by atoms with Crippen molar-refractivity contribution in [1.29, 1.82) is 0 Å². The fourth-order valence-corrected chi connectivity index (χ4v) is 5.72. The topological polar surface area (TPSA) is 114 Å². The summed E-state index contributed by atoms with van der Waals surface area (Å²) in [4.78, 5) is 26.6. The zero-order chi connectivity index (χ0) is 24.7. The summed E-state index contributed by atoms with van der Waals surface area (Å²) in [5, 5.41) is 0. The highest BCUT2D eigenvalue weighted by atomic mass is 16.3. The molecule has 0 unspecified atom stereocenters. The van der Waals surface area contributed by atoms with Gasteiger partial charge in [0.2, 0.25) is 0 Å². The van der Waals surface area contributed by atoms with Crippen LogP contribution in [0.3, 0.4) is 0 Å². The normalized spacial score (nSPS) is 18.8. The molecule has 0 atom stereocenters. The molecule has 1 aliphatic heterocycles. The largest absolute Gasteiger partial charge is 0.459 e. The van der Waals surface area contributed by atoms with Crippen molar-refractivity contribution in [3.8, 4) is 0 Å². The predicted octanol–water partition coefficient (Wildman–Crippen LogP) is 4.10. The van der Waals surface area contributed by atoms with Crippen molar-refractivity contribution < 1.29 is 9.21 Å². The van der Waals surface area contributed by atoms with Crippen LogP contribution in [0.4, 0.5) is 5.82 Å². The van der Waals surface area contributed by atoms with Gasteiger partial charge in [0.05, 0.1) is 6.26 Å². The molecule has 4 rings (SSSR count). The van der Waals surface area contributed by atoms with Crippen LogP contribution in [0, 0.1) is 12.3 Å². The van der Waals surface area contributed by atoms with Gasteiger partial charge in [0.15, 0.2) is 11.7 Å². The zero-order valence-corrected chi connectivity index (χ0v) is 21.0. The van der Waals surface area contributed by atoms with E-state index in [-0.39, 0.29) is 17.9 Å². The maximum absolute atomic E-state index is 13.3. The third-order valence-electron chi connectivity index (χ3n) is 7.82. The minimum Gasteiger partial charge on any atom is -0.459 e. The summed E-state index contributed by atoms with van der Waals surface area (Å²) in [5.41, 5.74) is 12.5. The minimum absolute atomic E-state index is 0.101. The number of aromatic nitrogens is 1. The summed E-state index contributed by atoms with van der Waals surface area (Å²) >= 11 is 0. The number of hydrogen-bond acceptors (Lipinski definition) is 5. The fraction of sp³-hybridized carbons (Fsp3) is 0.593. The van der Waals surface area contributed by atoms with Crippen molar-refractivity contribution >= 4 is 17.7 Å². The molecule has 190 valence electrons. The summed E-state index contributed by atoms with van der Waals surface area (Å²) in [5.74, 6) is 1.12. The number of aryl methyl sites for hydroxylation is 1. The van der Waals surface area contributed by atoms with Crippen LogP contribution in [-0.4, -0.2) is 54.0 Å². The molecule has 2 aliphatic rings. The molecule has 1 saturated carbocycles. The standard InChI is InChI=1S/C27H40N6O2/c1-21-7-8-24(31-20-21)33(25(34)23-6-5-19-35-23)22-9-16-32(17-10-22)18-14-27(11-3-2-4-12-27)13-15-30-26(28)29/h5-8,19-20,22H,2-4,9-18H2,1H3,(H4,28,29,30). The number of likely N-dealkylation sites (tertiary alicyclic amines) is 1. The maximum Gasteiger partial charge on any atom is 0.295 e. The molecule has 0 radical (unpaired) electrons. The molecule has 2 fully saturated rings. The minimum atomic E-state index is -0.120. The smallest absolute Gasteiger partial charge is 0.295 e. The quantitative estimate of drug-likeness (QED) is 0.413. The first kappa shape index (κ1) is 25.2. The summed E-state index contributed by atoms with van der Waals surface area (Å²) in [6, 6.07) is 7.53. The molecule has 1 amide bonds. The van der Waals surface area contributed by atoms with Crippen LogP contribution in [-0.2, 0) is 0 Å². The van der Waals surface area contributed by atoms with E-state index in [1.54, 1.807) is 18.4 Å². The molecular weight excluding hydrogens is 440 g/mol. The number of nitrogens with two attached hydrogens (primary N) is 2. The number of aliphatic imine (C=N–C) groups is 1. The number of guanidine groups is 1. The van der Waals surface area contributed by atoms with Crippen molar-refractivity contribution in [3.05, 3.63) is 48.0 Å². The average molecular weight is 481 g/mol. The van der Waals surface area contributed by atoms with Crippen LogP contribution in [0.2, 0.25) is 0 Å². The van der Waals surface area contributed by atoms with Crippen molar-refractivity contribution in [3.63, 3.8) is 0 Å². The first-order chi connectivity index (χ1) is 17.0.